The fourth-order valence-corrected chi connectivity index (χ4v) is 1.30. The summed E-state index contributed by atoms with van der Waals surface area (Å²) in [5, 5.41) is 34.3. The molecule has 8 nitrogen and oxygen atoms in total. The van der Waals surface area contributed by atoms with Crippen molar-refractivity contribution in [3.05, 3.63) is 0 Å². The fourth-order valence-electron chi connectivity index (χ4n) is 0.503. The SMILES string of the molecule is O=P(O)(OC[C@H](O)CO)OC[C@H](O)CO. The van der Waals surface area contributed by atoms with Crippen molar-refractivity contribution in [2.75, 3.05) is 26.4 Å². The van der Waals surface area contributed by atoms with Crippen LogP contribution in [0.1, 0.15) is 0 Å². The van der Waals surface area contributed by atoms with Crippen LogP contribution in [-0.2, 0) is 13.6 Å². The van der Waals surface area contributed by atoms with Crippen molar-refractivity contribution in [1.82, 2.24) is 0 Å². The lowest BCUT2D eigenvalue weighted by molar-refractivity contribution is 0.0160. The van der Waals surface area contributed by atoms with Crippen LogP contribution in [0.5, 0.6) is 0 Å². The molecular weight excluding hydrogens is 231 g/mol. The largest absolute Gasteiger partial charge is 0.472 e. The molecule has 0 heterocycles. The highest BCUT2D eigenvalue weighted by atomic mass is 31.2. The van der Waals surface area contributed by atoms with Crippen LogP contribution in [0.4, 0.5) is 0 Å². The van der Waals surface area contributed by atoms with E-state index in [0.29, 0.717) is 0 Å². The molecule has 92 valence electrons. The van der Waals surface area contributed by atoms with E-state index in [2.05, 4.69) is 9.05 Å². The van der Waals surface area contributed by atoms with Gasteiger partial charge >= 0.3 is 7.82 Å². The van der Waals surface area contributed by atoms with Crippen molar-refractivity contribution in [3.63, 3.8) is 0 Å². The molecule has 5 N–H and O–H groups in total. The van der Waals surface area contributed by atoms with Crippen LogP contribution in [0.15, 0.2) is 0 Å². The zero-order valence-electron chi connectivity index (χ0n) is 7.89. The quantitative estimate of drug-likeness (QED) is 0.305. The van der Waals surface area contributed by atoms with E-state index < -0.39 is 46.5 Å². The second-order valence-corrected chi connectivity index (χ2v) is 4.19. The average molecular weight is 246 g/mol. The van der Waals surface area contributed by atoms with Crippen molar-refractivity contribution in [1.29, 1.82) is 0 Å². The molecule has 0 saturated carbocycles. The normalized spacial score (nSPS) is 16.3. The van der Waals surface area contributed by atoms with Gasteiger partial charge in [0.15, 0.2) is 0 Å². The molecule has 0 spiro atoms. The van der Waals surface area contributed by atoms with Crippen molar-refractivity contribution in [2.24, 2.45) is 0 Å². The Morgan fingerprint density at radius 1 is 1.00 bits per heavy atom. The van der Waals surface area contributed by atoms with Gasteiger partial charge < -0.3 is 25.3 Å². The third kappa shape index (κ3) is 7.83. The standard InChI is InChI=1S/C6H15O8P/c7-1-5(9)3-13-15(11,12)14-4-6(10)2-8/h5-10H,1-4H2,(H,11,12)/t5-,6-/m1/s1. The van der Waals surface area contributed by atoms with Gasteiger partial charge in [-0.05, 0) is 0 Å². The highest BCUT2D eigenvalue weighted by molar-refractivity contribution is 7.47. The predicted octanol–water partition coefficient (Wildman–Crippen LogP) is -2.17. The van der Waals surface area contributed by atoms with E-state index in [1.54, 1.807) is 0 Å². The van der Waals surface area contributed by atoms with Gasteiger partial charge in [-0.1, -0.05) is 0 Å². The number of phosphoric ester groups is 1. The average Bonchev–Trinajstić information content (AvgIpc) is 2.22. The molecule has 0 amide bonds. The third-order valence-corrected chi connectivity index (χ3v) is 2.23. The monoisotopic (exact) mass is 246 g/mol. The Hall–Kier alpha value is -0.0500. The first-order chi connectivity index (χ1) is 6.91. The van der Waals surface area contributed by atoms with Crippen LogP contribution in [0, 0.1) is 0 Å². The maximum atomic E-state index is 11.0. The van der Waals surface area contributed by atoms with Crippen molar-refractivity contribution in [2.45, 2.75) is 12.2 Å². The third-order valence-electron chi connectivity index (χ3n) is 1.28. The molecule has 2 atom stereocenters. The Kier molecular flexibility index (Phi) is 7.24. The Labute approximate surface area is 86.3 Å². The molecular formula is C6H15O8P. The van der Waals surface area contributed by atoms with E-state index in [-0.39, 0.29) is 0 Å². The molecule has 0 fully saturated rings. The first-order valence-corrected chi connectivity index (χ1v) is 5.60. The second kappa shape index (κ2) is 7.26. The van der Waals surface area contributed by atoms with Gasteiger partial charge in [0.25, 0.3) is 0 Å². The summed E-state index contributed by atoms with van der Waals surface area (Å²) in [5.74, 6) is 0. The molecule has 15 heavy (non-hydrogen) atoms. The molecule has 0 radical (unpaired) electrons. The number of aliphatic hydroxyl groups excluding tert-OH is 4. The predicted molar refractivity (Wildman–Crippen MR) is 47.9 cm³/mol. The lowest BCUT2D eigenvalue weighted by atomic mass is 10.4. The van der Waals surface area contributed by atoms with Crippen molar-refractivity contribution < 1.29 is 38.9 Å². The molecule has 9 heteroatoms. The van der Waals surface area contributed by atoms with E-state index in [0.717, 1.165) is 0 Å². The van der Waals surface area contributed by atoms with Gasteiger partial charge in [0.2, 0.25) is 0 Å². The summed E-state index contributed by atoms with van der Waals surface area (Å²) in [7, 11) is -4.37. The lowest BCUT2D eigenvalue weighted by Gasteiger charge is -2.15. The molecule has 0 aromatic rings. The Morgan fingerprint density at radius 3 is 1.60 bits per heavy atom. The van der Waals surface area contributed by atoms with E-state index in [1.165, 1.54) is 0 Å². The molecule has 0 aromatic carbocycles. The fraction of sp³-hybridized carbons (Fsp3) is 1.00. The van der Waals surface area contributed by atoms with Gasteiger partial charge in [-0.2, -0.15) is 0 Å². The van der Waals surface area contributed by atoms with Crippen LogP contribution >= 0.6 is 7.82 Å². The molecule has 0 aromatic heterocycles. The molecule has 0 rings (SSSR count). The summed E-state index contributed by atoms with van der Waals surface area (Å²) in [6, 6.07) is 0. The molecule has 0 unspecified atom stereocenters. The summed E-state index contributed by atoms with van der Waals surface area (Å²) < 4.78 is 19.5. The molecule has 0 aliphatic rings. The molecule has 0 aliphatic heterocycles. The first-order valence-electron chi connectivity index (χ1n) is 4.11. The minimum absolute atomic E-state index is 0.570. The molecule has 0 saturated heterocycles. The maximum Gasteiger partial charge on any atom is 0.472 e. The van der Waals surface area contributed by atoms with Crippen LogP contribution in [0.3, 0.4) is 0 Å². The summed E-state index contributed by atoms with van der Waals surface area (Å²) in [6.07, 6.45) is -2.56. The maximum absolute atomic E-state index is 11.0. The zero-order chi connectivity index (χ0) is 11.9. The van der Waals surface area contributed by atoms with Crippen molar-refractivity contribution >= 4 is 7.82 Å². The Balaban J connectivity index is 3.81. The minimum Gasteiger partial charge on any atom is -0.394 e. The van der Waals surface area contributed by atoms with Gasteiger partial charge in [-0.25, -0.2) is 4.57 Å². The van der Waals surface area contributed by atoms with Crippen molar-refractivity contribution in [3.8, 4) is 0 Å². The van der Waals surface area contributed by atoms with E-state index in [9.17, 15) is 4.57 Å². The van der Waals surface area contributed by atoms with E-state index in [1.807, 2.05) is 0 Å². The number of hydrogen-bond donors (Lipinski definition) is 5. The molecule has 0 aliphatic carbocycles. The van der Waals surface area contributed by atoms with E-state index >= 15 is 0 Å². The van der Waals surface area contributed by atoms with Crippen LogP contribution in [-0.4, -0.2) is 64.0 Å². The van der Waals surface area contributed by atoms with E-state index in [4.69, 9.17) is 25.3 Å². The highest BCUT2D eigenvalue weighted by Gasteiger charge is 2.23. The first kappa shape index (κ1) is 14.9. The summed E-state index contributed by atoms with van der Waals surface area (Å²) in [5.41, 5.74) is 0. The topological polar surface area (TPSA) is 137 Å². The van der Waals surface area contributed by atoms with Gasteiger partial charge in [-0.3, -0.25) is 9.05 Å². The summed E-state index contributed by atoms with van der Waals surface area (Å²) in [4.78, 5) is 8.93. The summed E-state index contributed by atoms with van der Waals surface area (Å²) in [6.45, 7) is -2.36. The molecule has 0 bridgehead atoms. The van der Waals surface area contributed by atoms with Gasteiger partial charge in [0.1, 0.15) is 12.2 Å². The minimum atomic E-state index is -4.37. The number of rotatable bonds is 8. The highest BCUT2D eigenvalue weighted by Crippen LogP contribution is 2.43. The zero-order valence-corrected chi connectivity index (χ0v) is 8.79. The van der Waals surface area contributed by atoms with Gasteiger partial charge in [-0.15, -0.1) is 0 Å². The van der Waals surface area contributed by atoms with Gasteiger partial charge in [0, 0.05) is 0 Å². The number of phosphoric acid groups is 1. The number of aliphatic hydroxyl groups is 4. The number of hydrogen-bond acceptors (Lipinski definition) is 7. The Bertz CT molecular complexity index is 191. The lowest BCUT2D eigenvalue weighted by Crippen LogP contribution is -2.21. The smallest absolute Gasteiger partial charge is 0.394 e. The van der Waals surface area contributed by atoms with Gasteiger partial charge in [0.05, 0.1) is 26.4 Å². The van der Waals surface area contributed by atoms with Crippen LogP contribution < -0.4 is 0 Å². The summed E-state index contributed by atoms with van der Waals surface area (Å²) >= 11 is 0. The Morgan fingerprint density at radius 2 is 1.33 bits per heavy atom. The van der Waals surface area contributed by atoms with Crippen LogP contribution in [0.2, 0.25) is 0 Å². The van der Waals surface area contributed by atoms with Crippen LogP contribution in [0.25, 0.3) is 0 Å². The second-order valence-electron chi connectivity index (χ2n) is 2.73.